The number of hydrogen-bond acceptors (Lipinski definition) is 4. The number of nitrogens with one attached hydrogen (secondary N) is 2. The van der Waals surface area contributed by atoms with Crippen LogP contribution in [-0.4, -0.2) is 20.7 Å². The molecule has 30 heavy (non-hydrogen) atoms. The van der Waals surface area contributed by atoms with Gasteiger partial charge >= 0.3 is 0 Å². The quantitative estimate of drug-likeness (QED) is 0.363. The zero-order chi connectivity index (χ0) is 21.1. The molecule has 2 N–H and O–H groups in total. The molecule has 0 aliphatic rings. The maximum absolute atomic E-state index is 13.0. The highest BCUT2D eigenvalue weighted by atomic mass is 79.9. The van der Waals surface area contributed by atoms with Crippen LogP contribution in [0.5, 0.6) is 0 Å². The molecule has 0 saturated carbocycles. The van der Waals surface area contributed by atoms with Crippen molar-refractivity contribution in [1.29, 1.82) is 0 Å². The van der Waals surface area contributed by atoms with Crippen molar-refractivity contribution in [3.63, 3.8) is 0 Å². The molecule has 2 aromatic carbocycles. The molecule has 4 rings (SSSR count). The van der Waals surface area contributed by atoms with Crippen LogP contribution in [0.1, 0.15) is 35.8 Å². The van der Waals surface area contributed by atoms with E-state index in [4.69, 9.17) is 0 Å². The third-order valence-electron chi connectivity index (χ3n) is 4.79. The molecule has 2 heterocycles. The number of halogens is 1. The van der Waals surface area contributed by atoms with Crippen molar-refractivity contribution in [2.24, 2.45) is 0 Å². The molecule has 1 amide bonds. The summed E-state index contributed by atoms with van der Waals surface area (Å²) in [6.07, 6.45) is 3.59. The molecule has 0 radical (unpaired) electrons. The lowest BCUT2D eigenvalue weighted by molar-refractivity contribution is 0.102. The van der Waals surface area contributed by atoms with Crippen molar-refractivity contribution in [1.82, 2.24) is 14.8 Å². The number of benzene rings is 2. The summed E-state index contributed by atoms with van der Waals surface area (Å²) < 4.78 is 2.73. The Hall–Kier alpha value is -3.19. The van der Waals surface area contributed by atoms with Crippen LogP contribution in [0.15, 0.2) is 71.6 Å². The topological polar surface area (TPSA) is 71.8 Å². The van der Waals surface area contributed by atoms with Crippen LogP contribution in [0, 0.1) is 0 Å². The van der Waals surface area contributed by atoms with E-state index in [-0.39, 0.29) is 11.9 Å². The summed E-state index contributed by atoms with van der Waals surface area (Å²) in [5.41, 5.74) is 4.17. The van der Waals surface area contributed by atoms with Gasteiger partial charge in [0.15, 0.2) is 0 Å². The molecular formula is C23H22BrN5O. The molecule has 0 aliphatic heterocycles. The standard InChI is InChI=1S/C23H22BrN5O/c1-15(2)29-21-12-18(8-7-17(21)14-27-29)28-23(30)19-5-3-4-6-20(19)26-13-16-9-10-25-22(24)11-16/h3-12,14-15,26H,13H2,1-2H3,(H,28,30). The van der Waals surface area contributed by atoms with Crippen molar-refractivity contribution < 1.29 is 4.79 Å². The van der Waals surface area contributed by atoms with Crippen LogP contribution in [0.2, 0.25) is 0 Å². The molecule has 4 aromatic rings. The number of carbonyl (C=O) groups is 1. The molecule has 0 aliphatic carbocycles. The van der Waals surface area contributed by atoms with Crippen molar-refractivity contribution in [3.8, 4) is 0 Å². The molecule has 0 spiro atoms. The first-order valence-corrected chi connectivity index (χ1v) is 10.5. The fourth-order valence-corrected chi connectivity index (χ4v) is 3.72. The minimum absolute atomic E-state index is 0.163. The summed E-state index contributed by atoms with van der Waals surface area (Å²) in [5.74, 6) is -0.163. The second-order valence-corrected chi connectivity index (χ2v) is 8.11. The van der Waals surface area contributed by atoms with E-state index in [1.807, 2.05) is 65.5 Å². The Morgan fingerprint density at radius 3 is 2.77 bits per heavy atom. The molecule has 0 fully saturated rings. The Morgan fingerprint density at radius 2 is 1.97 bits per heavy atom. The van der Waals surface area contributed by atoms with Gasteiger partial charge in [-0.3, -0.25) is 9.48 Å². The third kappa shape index (κ3) is 4.36. The lowest BCUT2D eigenvalue weighted by Crippen LogP contribution is -2.15. The van der Waals surface area contributed by atoms with E-state index in [1.165, 1.54) is 0 Å². The number of rotatable bonds is 6. The molecule has 7 heteroatoms. The zero-order valence-electron chi connectivity index (χ0n) is 16.8. The van der Waals surface area contributed by atoms with Crippen LogP contribution in [0.4, 0.5) is 11.4 Å². The van der Waals surface area contributed by atoms with E-state index in [0.29, 0.717) is 12.1 Å². The Morgan fingerprint density at radius 1 is 1.13 bits per heavy atom. The number of amides is 1. The van der Waals surface area contributed by atoms with Crippen LogP contribution in [0.3, 0.4) is 0 Å². The second kappa shape index (κ2) is 8.67. The number of carbonyl (C=O) groups excluding carboxylic acids is 1. The average Bonchev–Trinajstić information content (AvgIpc) is 3.16. The first-order chi connectivity index (χ1) is 14.5. The highest BCUT2D eigenvalue weighted by Gasteiger charge is 2.13. The summed E-state index contributed by atoms with van der Waals surface area (Å²) in [7, 11) is 0. The number of aromatic nitrogens is 3. The van der Waals surface area contributed by atoms with Crippen LogP contribution in [-0.2, 0) is 6.54 Å². The van der Waals surface area contributed by atoms with Crippen molar-refractivity contribution in [3.05, 3.63) is 82.7 Å². The number of hydrogen-bond donors (Lipinski definition) is 2. The highest BCUT2D eigenvalue weighted by molar-refractivity contribution is 9.10. The highest BCUT2D eigenvalue weighted by Crippen LogP contribution is 2.23. The Bertz CT molecular complexity index is 1200. The van der Waals surface area contributed by atoms with Gasteiger partial charge in [0.25, 0.3) is 5.91 Å². The van der Waals surface area contributed by atoms with E-state index in [1.54, 1.807) is 6.20 Å². The van der Waals surface area contributed by atoms with E-state index in [2.05, 4.69) is 50.5 Å². The van der Waals surface area contributed by atoms with Gasteiger partial charge in [0.2, 0.25) is 0 Å². The largest absolute Gasteiger partial charge is 0.380 e. The fraction of sp³-hybridized carbons (Fsp3) is 0.174. The fourth-order valence-electron chi connectivity index (χ4n) is 3.31. The Kier molecular flexibility index (Phi) is 5.81. The summed E-state index contributed by atoms with van der Waals surface area (Å²) >= 11 is 3.38. The van der Waals surface area contributed by atoms with Gasteiger partial charge in [-0.1, -0.05) is 12.1 Å². The van der Waals surface area contributed by atoms with Gasteiger partial charge in [-0.05, 0) is 77.8 Å². The lowest BCUT2D eigenvalue weighted by atomic mass is 10.1. The van der Waals surface area contributed by atoms with Gasteiger partial charge in [0.1, 0.15) is 4.60 Å². The van der Waals surface area contributed by atoms with E-state index >= 15 is 0 Å². The summed E-state index contributed by atoms with van der Waals surface area (Å²) in [5, 5.41) is 11.8. The van der Waals surface area contributed by atoms with Crippen LogP contribution in [0.25, 0.3) is 10.9 Å². The van der Waals surface area contributed by atoms with E-state index < -0.39 is 0 Å². The van der Waals surface area contributed by atoms with E-state index in [9.17, 15) is 4.79 Å². The average molecular weight is 464 g/mol. The Labute approximate surface area is 183 Å². The monoisotopic (exact) mass is 463 g/mol. The molecule has 2 aromatic heterocycles. The van der Waals surface area contributed by atoms with Gasteiger partial charge in [0, 0.05) is 35.5 Å². The zero-order valence-corrected chi connectivity index (χ0v) is 18.3. The second-order valence-electron chi connectivity index (χ2n) is 7.30. The minimum atomic E-state index is -0.163. The van der Waals surface area contributed by atoms with Crippen molar-refractivity contribution in [2.45, 2.75) is 26.4 Å². The molecule has 0 unspecified atom stereocenters. The maximum Gasteiger partial charge on any atom is 0.257 e. The maximum atomic E-state index is 13.0. The lowest BCUT2D eigenvalue weighted by Gasteiger charge is -2.13. The number of anilines is 2. The van der Waals surface area contributed by atoms with Crippen molar-refractivity contribution >= 4 is 44.1 Å². The van der Waals surface area contributed by atoms with Gasteiger partial charge in [-0.15, -0.1) is 0 Å². The molecule has 0 atom stereocenters. The molecular weight excluding hydrogens is 442 g/mol. The smallest absolute Gasteiger partial charge is 0.257 e. The minimum Gasteiger partial charge on any atom is -0.380 e. The summed E-state index contributed by atoms with van der Waals surface area (Å²) in [4.78, 5) is 17.1. The number of nitrogens with zero attached hydrogens (tertiary/aromatic N) is 3. The van der Waals surface area contributed by atoms with Gasteiger partial charge in [0.05, 0.1) is 17.3 Å². The molecule has 0 bridgehead atoms. The third-order valence-corrected chi connectivity index (χ3v) is 5.22. The number of para-hydroxylation sites is 1. The van der Waals surface area contributed by atoms with Crippen LogP contribution >= 0.6 is 15.9 Å². The Balaban J connectivity index is 1.54. The summed E-state index contributed by atoms with van der Waals surface area (Å²) in [6, 6.07) is 17.5. The predicted octanol–water partition coefficient (Wildman–Crippen LogP) is 5.64. The van der Waals surface area contributed by atoms with E-state index in [0.717, 1.165) is 32.4 Å². The predicted molar refractivity (Wildman–Crippen MR) is 124 cm³/mol. The number of pyridine rings is 1. The van der Waals surface area contributed by atoms with Gasteiger partial charge < -0.3 is 10.6 Å². The number of fused-ring (bicyclic) bond motifs is 1. The van der Waals surface area contributed by atoms with Crippen molar-refractivity contribution in [2.75, 3.05) is 10.6 Å². The first kappa shape index (κ1) is 20.1. The van der Waals surface area contributed by atoms with Gasteiger partial charge in [-0.2, -0.15) is 5.10 Å². The normalized spacial score (nSPS) is 11.1. The summed E-state index contributed by atoms with van der Waals surface area (Å²) in [6.45, 7) is 4.76. The first-order valence-electron chi connectivity index (χ1n) is 9.73. The molecule has 0 saturated heterocycles. The molecule has 152 valence electrons. The van der Waals surface area contributed by atoms with Crippen LogP contribution < -0.4 is 10.6 Å². The SMILES string of the molecule is CC(C)n1ncc2ccc(NC(=O)c3ccccc3NCc3ccnc(Br)c3)cc21. The molecule has 6 nitrogen and oxygen atoms in total. The van der Waals surface area contributed by atoms with Gasteiger partial charge in [-0.25, -0.2) is 4.98 Å².